The normalized spacial score (nSPS) is 24.6. The molecule has 4 aliphatic carbocycles. The SMILES string of the molecule is C1=C[CH]([Zr][CH]2C=CC3=C2CCCc2ccccc23)C2=C1c1ccccc1CCC2. The van der Waals surface area contributed by atoms with E-state index in [2.05, 4.69) is 72.8 Å². The maximum atomic E-state index is 2.58. The molecule has 0 spiro atoms. The third-order valence-corrected chi connectivity index (χ3v) is 11.5. The summed E-state index contributed by atoms with van der Waals surface area (Å²) < 4.78 is 1.56. The molecule has 0 fully saturated rings. The molecule has 2 aromatic rings. The second-order valence-corrected chi connectivity index (χ2v) is 12.6. The Bertz CT molecular complexity index is 1010. The van der Waals surface area contributed by atoms with Crippen molar-refractivity contribution in [3.63, 3.8) is 0 Å². The van der Waals surface area contributed by atoms with Gasteiger partial charge in [0.05, 0.1) is 0 Å². The van der Waals surface area contributed by atoms with Crippen LogP contribution in [0.5, 0.6) is 0 Å². The molecule has 0 radical (unpaired) electrons. The number of hydrogen-bond acceptors (Lipinski definition) is 0. The van der Waals surface area contributed by atoms with Crippen LogP contribution in [0.2, 0.25) is 7.25 Å². The second-order valence-electron chi connectivity index (χ2n) is 8.74. The van der Waals surface area contributed by atoms with Crippen LogP contribution in [-0.4, -0.2) is 0 Å². The van der Waals surface area contributed by atoms with Crippen LogP contribution >= 0.6 is 0 Å². The average Bonchev–Trinajstić information content (AvgIpc) is 3.21. The number of hydrogen-bond donors (Lipinski definition) is 0. The molecule has 4 aliphatic rings. The third-order valence-electron chi connectivity index (χ3n) is 7.11. The van der Waals surface area contributed by atoms with Crippen LogP contribution in [0.1, 0.15) is 47.9 Å². The van der Waals surface area contributed by atoms with Gasteiger partial charge in [0.25, 0.3) is 0 Å². The van der Waals surface area contributed by atoms with Gasteiger partial charge in [0, 0.05) is 0 Å². The molecule has 0 bridgehead atoms. The Morgan fingerprint density at radius 2 is 1.07 bits per heavy atom. The van der Waals surface area contributed by atoms with E-state index in [1.165, 1.54) is 49.7 Å². The Hall–Kier alpha value is -1.72. The fraction of sp³-hybridized carbons (Fsp3) is 0.286. The zero-order valence-corrected chi connectivity index (χ0v) is 19.3. The summed E-state index contributed by atoms with van der Waals surface area (Å²) in [6.07, 6.45) is 17.8. The summed E-state index contributed by atoms with van der Waals surface area (Å²) in [6, 6.07) is 18.2. The first-order valence-corrected chi connectivity index (χ1v) is 14.0. The summed E-state index contributed by atoms with van der Waals surface area (Å²) in [5, 5.41) is 0. The molecular weight excluding hydrogens is 428 g/mol. The number of rotatable bonds is 2. The zero-order valence-electron chi connectivity index (χ0n) is 16.8. The van der Waals surface area contributed by atoms with Crippen LogP contribution < -0.4 is 0 Å². The van der Waals surface area contributed by atoms with Gasteiger partial charge < -0.3 is 0 Å². The number of allylic oxidation sites excluding steroid dienone is 8. The Morgan fingerprint density at radius 1 is 0.586 bits per heavy atom. The zero-order chi connectivity index (χ0) is 19.2. The van der Waals surface area contributed by atoms with E-state index in [9.17, 15) is 0 Å². The van der Waals surface area contributed by atoms with Gasteiger partial charge in [-0.25, -0.2) is 0 Å². The van der Waals surface area contributed by atoms with Crippen LogP contribution in [0, 0.1) is 0 Å². The molecule has 1 heteroatoms. The Morgan fingerprint density at radius 3 is 1.59 bits per heavy atom. The maximum absolute atomic E-state index is 2.58. The molecule has 0 nitrogen and oxygen atoms in total. The van der Waals surface area contributed by atoms with Crippen molar-refractivity contribution in [2.24, 2.45) is 0 Å². The van der Waals surface area contributed by atoms with Gasteiger partial charge in [0.15, 0.2) is 0 Å². The molecule has 2 atom stereocenters. The van der Waals surface area contributed by atoms with E-state index in [1.807, 2.05) is 0 Å². The Balaban J connectivity index is 1.32. The van der Waals surface area contributed by atoms with Crippen LogP contribution in [0.15, 0.2) is 84.0 Å². The van der Waals surface area contributed by atoms with Crippen molar-refractivity contribution in [3.05, 3.63) is 106 Å². The summed E-state index contributed by atoms with van der Waals surface area (Å²) in [7, 11) is 0. The molecule has 2 aromatic carbocycles. The van der Waals surface area contributed by atoms with E-state index >= 15 is 0 Å². The van der Waals surface area contributed by atoms with Crippen LogP contribution in [0.4, 0.5) is 0 Å². The van der Waals surface area contributed by atoms with Gasteiger partial charge in [-0.1, -0.05) is 0 Å². The number of aryl methyl sites for hydroxylation is 2. The van der Waals surface area contributed by atoms with Crippen molar-refractivity contribution in [1.82, 2.24) is 0 Å². The summed E-state index contributed by atoms with van der Waals surface area (Å²) >= 11 is -0.631. The van der Waals surface area contributed by atoms with Crippen molar-refractivity contribution in [2.45, 2.75) is 45.8 Å². The average molecular weight is 454 g/mol. The fourth-order valence-electron chi connectivity index (χ4n) is 5.72. The predicted octanol–water partition coefficient (Wildman–Crippen LogP) is 7.37. The van der Waals surface area contributed by atoms with E-state index in [1.54, 1.807) is 33.4 Å². The molecular formula is C28H26Zr. The van der Waals surface area contributed by atoms with Gasteiger partial charge in [0.1, 0.15) is 0 Å². The first-order valence-electron chi connectivity index (χ1n) is 11.1. The molecule has 2 unspecified atom stereocenters. The van der Waals surface area contributed by atoms with E-state index in [0.717, 1.165) is 7.25 Å². The quantitative estimate of drug-likeness (QED) is 0.445. The number of fused-ring (bicyclic) bond motifs is 4. The van der Waals surface area contributed by atoms with Gasteiger partial charge in [0.2, 0.25) is 0 Å². The van der Waals surface area contributed by atoms with Gasteiger partial charge in [-0.2, -0.15) is 0 Å². The van der Waals surface area contributed by atoms with E-state index in [4.69, 9.17) is 0 Å². The molecule has 0 saturated heterocycles. The van der Waals surface area contributed by atoms with Crippen molar-refractivity contribution >= 4 is 11.1 Å². The Kier molecular flexibility index (Phi) is 4.69. The summed E-state index contributed by atoms with van der Waals surface area (Å²) in [6.45, 7) is 0. The minimum atomic E-state index is -0.631. The van der Waals surface area contributed by atoms with Crippen LogP contribution in [0.25, 0.3) is 11.1 Å². The van der Waals surface area contributed by atoms with Crippen molar-refractivity contribution < 1.29 is 23.2 Å². The van der Waals surface area contributed by atoms with E-state index < -0.39 is 23.2 Å². The van der Waals surface area contributed by atoms with Crippen LogP contribution in [0.3, 0.4) is 0 Å². The fourth-order valence-corrected chi connectivity index (χ4v) is 10.2. The third kappa shape index (κ3) is 3.14. The molecule has 29 heavy (non-hydrogen) atoms. The van der Waals surface area contributed by atoms with Gasteiger partial charge >= 0.3 is 186 Å². The number of benzene rings is 2. The van der Waals surface area contributed by atoms with Crippen molar-refractivity contribution in [3.8, 4) is 0 Å². The monoisotopic (exact) mass is 452 g/mol. The molecule has 0 heterocycles. The predicted molar refractivity (Wildman–Crippen MR) is 118 cm³/mol. The topological polar surface area (TPSA) is 0 Å². The van der Waals surface area contributed by atoms with Crippen LogP contribution in [-0.2, 0) is 36.1 Å². The molecule has 0 aromatic heterocycles. The van der Waals surface area contributed by atoms with Crippen molar-refractivity contribution in [2.75, 3.05) is 0 Å². The molecule has 142 valence electrons. The first-order chi connectivity index (χ1) is 14.4. The second kappa shape index (κ2) is 7.51. The summed E-state index contributed by atoms with van der Waals surface area (Å²) in [4.78, 5) is 0. The van der Waals surface area contributed by atoms with E-state index in [-0.39, 0.29) is 0 Å². The summed E-state index contributed by atoms with van der Waals surface area (Å²) in [5.74, 6) is 0. The van der Waals surface area contributed by atoms with Gasteiger partial charge in [-0.3, -0.25) is 0 Å². The molecule has 6 rings (SSSR count). The standard InChI is InChI=1S/2C14H13.Zr/c2*1-2-9-13-11(5-1)6-3-7-12-8-4-10-14(12)13;/h2*1-2,4-5,8-10H,3,6-7H2;. The molecule has 0 amide bonds. The first kappa shape index (κ1) is 18.1. The van der Waals surface area contributed by atoms with E-state index in [0.29, 0.717) is 0 Å². The summed E-state index contributed by atoms with van der Waals surface area (Å²) in [5.41, 5.74) is 12.8. The molecule has 0 aliphatic heterocycles. The molecule has 0 N–H and O–H groups in total. The van der Waals surface area contributed by atoms with Gasteiger partial charge in [-0.15, -0.1) is 0 Å². The minimum absolute atomic E-state index is 0.631. The van der Waals surface area contributed by atoms with Crippen molar-refractivity contribution in [1.29, 1.82) is 0 Å². The van der Waals surface area contributed by atoms with Gasteiger partial charge in [-0.05, 0) is 0 Å². The molecule has 0 saturated carbocycles. The Labute approximate surface area is 185 Å².